The maximum atomic E-state index is 11.9. The van der Waals surface area contributed by atoms with Gasteiger partial charge in [0.15, 0.2) is 0 Å². The first-order chi connectivity index (χ1) is 8.50. The van der Waals surface area contributed by atoms with Gasteiger partial charge >= 0.3 is 6.03 Å². The van der Waals surface area contributed by atoms with Gasteiger partial charge in [0.05, 0.1) is 6.10 Å². The van der Waals surface area contributed by atoms with E-state index in [4.69, 9.17) is 0 Å². The van der Waals surface area contributed by atoms with E-state index in [-0.39, 0.29) is 17.6 Å². The van der Waals surface area contributed by atoms with Crippen LogP contribution in [0, 0.1) is 11.3 Å². The van der Waals surface area contributed by atoms with Crippen molar-refractivity contribution in [2.45, 2.75) is 51.6 Å². The van der Waals surface area contributed by atoms with Gasteiger partial charge in [-0.25, -0.2) is 4.79 Å². The van der Waals surface area contributed by atoms with Gasteiger partial charge in [-0.05, 0) is 37.0 Å². The van der Waals surface area contributed by atoms with Crippen molar-refractivity contribution in [3.8, 4) is 0 Å². The molecule has 2 aliphatic rings. The molecular weight excluding hydrogens is 228 g/mol. The molecule has 0 aromatic carbocycles. The molecule has 2 N–H and O–H groups in total. The van der Waals surface area contributed by atoms with E-state index >= 15 is 0 Å². The summed E-state index contributed by atoms with van der Waals surface area (Å²) in [6.07, 6.45) is 6.85. The van der Waals surface area contributed by atoms with Crippen LogP contribution in [-0.2, 0) is 0 Å². The molecule has 2 fully saturated rings. The van der Waals surface area contributed by atoms with Crippen molar-refractivity contribution in [3.05, 3.63) is 0 Å². The van der Waals surface area contributed by atoms with Gasteiger partial charge in [0.1, 0.15) is 0 Å². The Balaban J connectivity index is 1.69. The molecule has 0 aromatic heterocycles. The number of rotatable bonds is 5. The van der Waals surface area contributed by atoms with Gasteiger partial charge in [-0.2, -0.15) is 0 Å². The molecule has 2 aliphatic carbocycles. The molecule has 2 amide bonds. The van der Waals surface area contributed by atoms with Crippen LogP contribution >= 0.6 is 0 Å². The smallest absolute Gasteiger partial charge is 0.317 e. The molecule has 0 aliphatic heterocycles. The number of nitrogens with one attached hydrogen (secondary N) is 1. The summed E-state index contributed by atoms with van der Waals surface area (Å²) < 4.78 is 0. The summed E-state index contributed by atoms with van der Waals surface area (Å²) in [5.74, 6) is 0.424. The van der Waals surface area contributed by atoms with Gasteiger partial charge < -0.3 is 15.3 Å². The molecule has 1 atom stereocenters. The lowest BCUT2D eigenvalue weighted by atomic mass is 9.89. The quantitative estimate of drug-likeness (QED) is 0.788. The molecule has 2 saturated carbocycles. The first-order valence-electron chi connectivity index (χ1n) is 7.17. The Labute approximate surface area is 110 Å². The highest BCUT2D eigenvalue weighted by Gasteiger charge is 2.32. The summed E-state index contributed by atoms with van der Waals surface area (Å²) in [6.45, 7) is 3.46. The second-order valence-corrected chi connectivity index (χ2v) is 6.46. The van der Waals surface area contributed by atoms with Crippen LogP contribution in [-0.4, -0.2) is 42.3 Å². The van der Waals surface area contributed by atoms with Crippen molar-refractivity contribution < 1.29 is 9.90 Å². The molecule has 4 nitrogen and oxygen atoms in total. The monoisotopic (exact) mass is 254 g/mol. The van der Waals surface area contributed by atoms with E-state index in [1.807, 2.05) is 0 Å². The highest BCUT2D eigenvalue weighted by atomic mass is 16.3. The summed E-state index contributed by atoms with van der Waals surface area (Å²) in [6, 6.07) is -0.0529. The number of urea groups is 1. The lowest BCUT2D eigenvalue weighted by Crippen LogP contribution is -2.44. The van der Waals surface area contributed by atoms with E-state index in [0.29, 0.717) is 12.5 Å². The fourth-order valence-corrected chi connectivity index (χ4v) is 2.82. The minimum absolute atomic E-state index is 0.0529. The highest BCUT2D eigenvalue weighted by Crippen LogP contribution is 2.36. The van der Waals surface area contributed by atoms with E-state index in [1.165, 1.54) is 25.7 Å². The normalized spacial score (nSPS) is 23.7. The molecular formula is C14H26N2O2. The van der Waals surface area contributed by atoms with Crippen LogP contribution in [0.2, 0.25) is 0 Å². The van der Waals surface area contributed by atoms with Crippen LogP contribution in [0.1, 0.15) is 45.4 Å². The fraction of sp³-hybridized carbons (Fsp3) is 0.929. The zero-order chi connectivity index (χ0) is 13.2. The number of aliphatic hydroxyl groups excluding tert-OH is 1. The minimum atomic E-state index is -0.345. The predicted molar refractivity (Wildman–Crippen MR) is 71.3 cm³/mol. The fourth-order valence-electron chi connectivity index (χ4n) is 2.82. The van der Waals surface area contributed by atoms with Gasteiger partial charge in [0, 0.05) is 20.1 Å². The zero-order valence-electron chi connectivity index (χ0n) is 11.6. The number of carbonyl (C=O) groups excluding carboxylic acids is 1. The average Bonchev–Trinajstić information content (AvgIpc) is 3.10. The Kier molecular flexibility index (Phi) is 4.15. The Morgan fingerprint density at radius 2 is 2.06 bits per heavy atom. The van der Waals surface area contributed by atoms with Crippen molar-refractivity contribution in [3.63, 3.8) is 0 Å². The van der Waals surface area contributed by atoms with E-state index in [2.05, 4.69) is 12.2 Å². The minimum Gasteiger partial charge on any atom is -0.391 e. The van der Waals surface area contributed by atoms with E-state index in [0.717, 1.165) is 19.4 Å². The lowest BCUT2D eigenvalue weighted by Gasteiger charge is -2.27. The number of aliphatic hydroxyl groups is 1. The first-order valence-corrected chi connectivity index (χ1v) is 7.17. The van der Waals surface area contributed by atoms with Crippen molar-refractivity contribution in [2.75, 3.05) is 20.1 Å². The van der Waals surface area contributed by atoms with Crippen molar-refractivity contribution in [1.29, 1.82) is 0 Å². The van der Waals surface area contributed by atoms with E-state index < -0.39 is 0 Å². The van der Waals surface area contributed by atoms with Crippen LogP contribution in [0.15, 0.2) is 0 Å². The van der Waals surface area contributed by atoms with Crippen molar-refractivity contribution in [2.24, 2.45) is 11.3 Å². The molecule has 0 radical (unpaired) electrons. The molecule has 18 heavy (non-hydrogen) atoms. The maximum absolute atomic E-state index is 11.9. The molecule has 4 heteroatoms. The molecule has 0 bridgehead atoms. The maximum Gasteiger partial charge on any atom is 0.317 e. The van der Waals surface area contributed by atoms with E-state index in [1.54, 1.807) is 11.9 Å². The van der Waals surface area contributed by atoms with Crippen LogP contribution in [0.4, 0.5) is 4.79 Å². The van der Waals surface area contributed by atoms with Crippen LogP contribution in [0.5, 0.6) is 0 Å². The van der Waals surface area contributed by atoms with Crippen molar-refractivity contribution >= 4 is 6.03 Å². The predicted octanol–water partition coefficient (Wildman–Crippen LogP) is 1.98. The number of carbonyl (C=O) groups is 1. The van der Waals surface area contributed by atoms with Gasteiger partial charge in [-0.15, -0.1) is 0 Å². The standard InChI is InChI=1S/C14H26N2O2/c1-14(7-3-4-8-14)10-15-13(18)16(2)9-12(17)11-5-6-11/h11-12,17H,3-10H2,1-2H3,(H,15,18). The molecule has 0 aromatic rings. The third kappa shape index (κ3) is 3.61. The molecule has 0 spiro atoms. The van der Waals surface area contributed by atoms with Gasteiger partial charge in [0.2, 0.25) is 0 Å². The summed E-state index contributed by atoms with van der Waals surface area (Å²) >= 11 is 0. The van der Waals surface area contributed by atoms with Gasteiger partial charge in [-0.1, -0.05) is 19.8 Å². The van der Waals surface area contributed by atoms with Crippen molar-refractivity contribution in [1.82, 2.24) is 10.2 Å². The Bertz CT molecular complexity index is 296. The number of hydrogen-bond acceptors (Lipinski definition) is 2. The number of nitrogens with zero attached hydrogens (tertiary/aromatic N) is 1. The highest BCUT2D eigenvalue weighted by molar-refractivity contribution is 5.73. The average molecular weight is 254 g/mol. The Morgan fingerprint density at radius 1 is 1.44 bits per heavy atom. The summed E-state index contributed by atoms with van der Waals surface area (Å²) in [5.41, 5.74) is 0.283. The Hall–Kier alpha value is -0.770. The topological polar surface area (TPSA) is 52.6 Å². The lowest BCUT2D eigenvalue weighted by molar-refractivity contribution is 0.112. The van der Waals surface area contributed by atoms with E-state index in [9.17, 15) is 9.90 Å². The summed E-state index contributed by atoms with van der Waals surface area (Å²) in [4.78, 5) is 13.5. The number of amides is 2. The summed E-state index contributed by atoms with van der Waals surface area (Å²) in [5, 5.41) is 12.8. The van der Waals surface area contributed by atoms with Gasteiger partial charge in [-0.3, -0.25) is 0 Å². The molecule has 0 heterocycles. The van der Waals surface area contributed by atoms with Crippen LogP contribution < -0.4 is 5.32 Å². The largest absolute Gasteiger partial charge is 0.391 e. The molecule has 1 unspecified atom stereocenters. The molecule has 2 rings (SSSR count). The third-order valence-electron chi connectivity index (χ3n) is 4.45. The Morgan fingerprint density at radius 3 is 2.61 bits per heavy atom. The second kappa shape index (κ2) is 5.47. The number of hydrogen-bond donors (Lipinski definition) is 2. The van der Waals surface area contributed by atoms with Crippen LogP contribution in [0.3, 0.4) is 0 Å². The molecule has 0 saturated heterocycles. The SMILES string of the molecule is CN(CC(O)C1CC1)C(=O)NCC1(C)CCCC1. The second-order valence-electron chi connectivity index (χ2n) is 6.46. The zero-order valence-corrected chi connectivity index (χ0v) is 11.6. The number of likely N-dealkylation sites (N-methyl/N-ethyl adjacent to an activating group) is 1. The third-order valence-corrected chi connectivity index (χ3v) is 4.45. The molecule has 104 valence electrons. The first kappa shape index (κ1) is 13.7. The van der Waals surface area contributed by atoms with Gasteiger partial charge in [0.25, 0.3) is 0 Å². The summed E-state index contributed by atoms with van der Waals surface area (Å²) in [7, 11) is 1.76. The van der Waals surface area contributed by atoms with Crippen LogP contribution in [0.25, 0.3) is 0 Å².